The standard InChI is InChI=1S/C18H23N3O3/c1-4-13(12-9-19-21(5-2)10-12)20-18(23)17-11(3)16-14(22)7-6-8-15(16)24-17/h9-10,13H,4-8H2,1-3H3,(H,20,23)/t13-/m0/s1. The second-order valence-corrected chi connectivity index (χ2v) is 6.19. The molecule has 0 saturated heterocycles. The van der Waals surface area contributed by atoms with Crippen molar-refractivity contribution in [1.82, 2.24) is 15.1 Å². The summed E-state index contributed by atoms with van der Waals surface area (Å²) in [6.45, 7) is 6.61. The lowest BCUT2D eigenvalue weighted by atomic mass is 9.94. The first-order valence-electron chi connectivity index (χ1n) is 8.53. The van der Waals surface area contributed by atoms with Crippen LogP contribution in [0.15, 0.2) is 16.8 Å². The first-order chi connectivity index (χ1) is 11.5. The number of aryl methyl sites for hydroxylation is 2. The smallest absolute Gasteiger partial charge is 0.287 e. The Morgan fingerprint density at radius 1 is 1.42 bits per heavy atom. The summed E-state index contributed by atoms with van der Waals surface area (Å²) in [6, 6.07) is -0.130. The molecule has 2 aromatic rings. The van der Waals surface area contributed by atoms with Gasteiger partial charge in [-0.25, -0.2) is 0 Å². The number of Topliss-reactive ketones (excluding diaryl/α,β-unsaturated/α-hetero) is 1. The third-order valence-corrected chi connectivity index (χ3v) is 4.61. The molecule has 1 aliphatic carbocycles. The minimum absolute atomic E-state index is 0.0767. The third kappa shape index (κ3) is 2.88. The van der Waals surface area contributed by atoms with Crippen LogP contribution in [0.3, 0.4) is 0 Å². The fraction of sp³-hybridized carbons (Fsp3) is 0.500. The van der Waals surface area contributed by atoms with E-state index in [1.54, 1.807) is 13.1 Å². The van der Waals surface area contributed by atoms with E-state index in [4.69, 9.17) is 4.42 Å². The zero-order valence-electron chi connectivity index (χ0n) is 14.4. The number of hydrogen-bond donors (Lipinski definition) is 1. The number of fused-ring (bicyclic) bond motifs is 1. The summed E-state index contributed by atoms with van der Waals surface area (Å²) in [5, 5.41) is 7.27. The van der Waals surface area contributed by atoms with E-state index in [-0.39, 0.29) is 23.5 Å². The normalized spacial score (nSPS) is 15.2. The van der Waals surface area contributed by atoms with E-state index in [1.165, 1.54) is 0 Å². The SMILES string of the molecule is CC[C@H](NC(=O)c1oc2c(c1C)C(=O)CCC2)c1cnn(CC)c1. The molecule has 0 spiro atoms. The Morgan fingerprint density at radius 3 is 2.83 bits per heavy atom. The summed E-state index contributed by atoms with van der Waals surface area (Å²) in [7, 11) is 0. The van der Waals surface area contributed by atoms with E-state index in [2.05, 4.69) is 10.4 Å². The topological polar surface area (TPSA) is 77.1 Å². The summed E-state index contributed by atoms with van der Waals surface area (Å²) in [5.74, 6) is 0.718. The number of nitrogens with one attached hydrogen (secondary N) is 1. The second kappa shape index (κ2) is 6.63. The Labute approximate surface area is 141 Å². The lowest BCUT2D eigenvalue weighted by Gasteiger charge is -2.14. The number of carbonyl (C=O) groups is 2. The largest absolute Gasteiger partial charge is 0.455 e. The molecule has 128 valence electrons. The molecule has 0 aliphatic heterocycles. The lowest BCUT2D eigenvalue weighted by molar-refractivity contribution is 0.0902. The minimum Gasteiger partial charge on any atom is -0.455 e. The summed E-state index contributed by atoms with van der Waals surface area (Å²) in [6.07, 6.45) is 6.50. The van der Waals surface area contributed by atoms with E-state index in [9.17, 15) is 9.59 Å². The van der Waals surface area contributed by atoms with Gasteiger partial charge in [-0.1, -0.05) is 6.92 Å². The molecule has 0 aromatic carbocycles. The van der Waals surface area contributed by atoms with Gasteiger partial charge in [0.25, 0.3) is 5.91 Å². The molecule has 2 heterocycles. The fourth-order valence-electron chi connectivity index (χ4n) is 3.24. The van der Waals surface area contributed by atoms with Crippen LogP contribution in [0.5, 0.6) is 0 Å². The molecule has 0 radical (unpaired) electrons. The predicted octanol–water partition coefficient (Wildman–Crippen LogP) is 3.20. The van der Waals surface area contributed by atoms with Crippen molar-refractivity contribution in [2.24, 2.45) is 0 Å². The molecule has 0 unspecified atom stereocenters. The highest BCUT2D eigenvalue weighted by Gasteiger charge is 2.29. The van der Waals surface area contributed by atoms with Gasteiger partial charge in [0, 0.05) is 36.7 Å². The third-order valence-electron chi connectivity index (χ3n) is 4.61. The molecule has 0 fully saturated rings. The van der Waals surface area contributed by atoms with Crippen LogP contribution in [0.4, 0.5) is 0 Å². The van der Waals surface area contributed by atoms with E-state index in [0.717, 1.165) is 31.4 Å². The van der Waals surface area contributed by atoms with Crippen molar-refractivity contribution in [1.29, 1.82) is 0 Å². The van der Waals surface area contributed by atoms with Gasteiger partial charge < -0.3 is 9.73 Å². The Balaban J connectivity index is 1.82. The van der Waals surface area contributed by atoms with E-state index >= 15 is 0 Å². The number of nitrogens with zero attached hydrogens (tertiary/aromatic N) is 2. The molecule has 1 atom stereocenters. The zero-order valence-corrected chi connectivity index (χ0v) is 14.4. The number of furan rings is 1. The van der Waals surface area contributed by atoms with Gasteiger partial charge in [0.15, 0.2) is 11.5 Å². The van der Waals surface area contributed by atoms with Gasteiger partial charge in [-0.05, 0) is 26.7 Å². The highest BCUT2D eigenvalue weighted by Crippen LogP contribution is 2.29. The van der Waals surface area contributed by atoms with E-state index < -0.39 is 0 Å². The highest BCUT2D eigenvalue weighted by atomic mass is 16.4. The van der Waals surface area contributed by atoms with Crippen molar-refractivity contribution < 1.29 is 14.0 Å². The van der Waals surface area contributed by atoms with Crippen molar-refractivity contribution >= 4 is 11.7 Å². The van der Waals surface area contributed by atoms with Crippen molar-refractivity contribution in [2.45, 2.75) is 59.0 Å². The van der Waals surface area contributed by atoms with Crippen molar-refractivity contribution in [3.8, 4) is 0 Å². The molecule has 1 aliphatic rings. The van der Waals surface area contributed by atoms with Crippen LogP contribution in [0.25, 0.3) is 0 Å². The molecule has 0 bridgehead atoms. The molecular weight excluding hydrogens is 306 g/mol. The summed E-state index contributed by atoms with van der Waals surface area (Å²) in [5.41, 5.74) is 2.24. The van der Waals surface area contributed by atoms with Gasteiger partial charge in [0.05, 0.1) is 17.8 Å². The molecule has 6 heteroatoms. The van der Waals surface area contributed by atoms with Gasteiger partial charge in [-0.2, -0.15) is 5.10 Å². The predicted molar refractivity (Wildman–Crippen MR) is 89.1 cm³/mol. The van der Waals surface area contributed by atoms with Gasteiger partial charge in [0.2, 0.25) is 0 Å². The minimum atomic E-state index is -0.272. The van der Waals surface area contributed by atoms with Gasteiger partial charge in [0.1, 0.15) is 5.76 Å². The molecule has 1 amide bonds. The molecule has 24 heavy (non-hydrogen) atoms. The fourth-order valence-corrected chi connectivity index (χ4v) is 3.24. The van der Waals surface area contributed by atoms with Crippen molar-refractivity contribution in [2.75, 3.05) is 0 Å². The molecule has 1 N–H and O–H groups in total. The molecule has 3 rings (SSSR count). The van der Waals surface area contributed by atoms with Crippen molar-refractivity contribution in [3.63, 3.8) is 0 Å². The highest BCUT2D eigenvalue weighted by molar-refractivity contribution is 6.03. The Morgan fingerprint density at radius 2 is 2.21 bits per heavy atom. The average molecular weight is 329 g/mol. The monoisotopic (exact) mass is 329 g/mol. The maximum atomic E-state index is 12.7. The van der Waals surface area contributed by atoms with Crippen LogP contribution >= 0.6 is 0 Å². The molecule has 2 aromatic heterocycles. The number of rotatable bonds is 5. The van der Waals surface area contributed by atoms with Gasteiger partial charge in [-0.15, -0.1) is 0 Å². The number of aromatic nitrogens is 2. The van der Waals surface area contributed by atoms with E-state index in [1.807, 2.05) is 24.7 Å². The second-order valence-electron chi connectivity index (χ2n) is 6.19. The van der Waals surface area contributed by atoms with Crippen molar-refractivity contribution in [3.05, 3.63) is 40.6 Å². The number of ketones is 1. The van der Waals surface area contributed by atoms with Gasteiger partial charge in [-0.3, -0.25) is 14.3 Å². The lowest BCUT2D eigenvalue weighted by Crippen LogP contribution is -2.28. The molecule has 6 nitrogen and oxygen atoms in total. The quantitative estimate of drug-likeness (QED) is 0.914. The Kier molecular flexibility index (Phi) is 4.55. The number of hydrogen-bond acceptors (Lipinski definition) is 4. The number of amides is 1. The Bertz CT molecular complexity index is 773. The zero-order chi connectivity index (χ0) is 17.3. The molecular formula is C18H23N3O3. The van der Waals surface area contributed by atoms with Crippen LogP contribution in [-0.4, -0.2) is 21.5 Å². The van der Waals surface area contributed by atoms with Crippen LogP contribution in [0.1, 0.15) is 77.0 Å². The first-order valence-corrected chi connectivity index (χ1v) is 8.53. The van der Waals surface area contributed by atoms with Gasteiger partial charge >= 0.3 is 0 Å². The maximum absolute atomic E-state index is 12.7. The average Bonchev–Trinajstić information content (AvgIpc) is 3.18. The summed E-state index contributed by atoms with van der Waals surface area (Å²) >= 11 is 0. The summed E-state index contributed by atoms with van der Waals surface area (Å²) < 4.78 is 7.56. The maximum Gasteiger partial charge on any atom is 0.287 e. The van der Waals surface area contributed by atoms with E-state index in [0.29, 0.717) is 23.3 Å². The van der Waals surface area contributed by atoms with Crippen LogP contribution in [0.2, 0.25) is 0 Å². The van der Waals surface area contributed by atoms with Crippen LogP contribution < -0.4 is 5.32 Å². The first kappa shape index (κ1) is 16.5. The Hall–Kier alpha value is -2.37. The van der Waals surface area contributed by atoms with Crippen LogP contribution in [0, 0.1) is 6.92 Å². The van der Waals surface area contributed by atoms with Crippen LogP contribution in [-0.2, 0) is 13.0 Å². The molecule has 0 saturated carbocycles. The number of carbonyl (C=O) groups excluding carboxylic acids is 2. The summed E-state index contributed by atoms with van der Waals surface area (Å²) in [4.78, 5) is 24.7.